The third-order valence-electron chi connectivity index (χ3n) is 4.60. The fourth-order valence-electron chi connectivity index (χ4n) is 2.72. The normalized spacial score (nSPS) is 14.2. The van der Waals surface area contributed by atoms with Crippen LogP contribution in [0.25, 0.3) is 0 Å². The van der Waals surface area contributed by atoms with Gasteiger partial charge in [0, 0.05) is 26.2 Å². The summed E-state index contributed by atoms with van der Waals surface area (Å²) in [6, 6.07) is 0. The van der Waals surface area contributed by atoms with E-state index in [1.165, 1.54) is 14.2 Å². The maximum absolute atomic E-state index is 12.4. The smallest absolute Gasteiger partial charge is 0.309 e. The minimum atomic E-state index is -3.23. The molecular formula is C18H36N2O6S. The Morgan fingerprint density at radius 2 is 1.15 bits per heavy atom. The number of carbonyl (C=O) groups excluding carboxylic acids is 2. The molecule has 0 aliphatic carbocycles. The highest BCUT2D eigenvalue weighted by Gasteiger charge is 2.21. The van der Waals surface area contributed by atoms with E-state index >= 15 is 0 Å². The van der Waals surface area contributed by atoms with Crippen LogP contribution in [0.5, 0.6) is 0 Å². The Morgan fingerprint density at radius 3 is 1.41 bits per heavy atom. The third kappa shape index (κ3) is 10.7. The molecule has 0 aromatic heterocycles. The van der Waals surface area contributed by atoms with Crippen LogP contribution in [-0.2, 0) is 28.9 Å². The lowest BCUT2D eigenvalue weighted by Gasteiger charge is -2.24. The molecule has 160 valence electrons. The molecule has 0 amide bonds. The molecule has 0 rings (SSSR count). The fraction of sp³-hybridized carbons (Fsp3) is 0.889. The number of hydrogen-bond acceptors (Lipinski definition) is 8. The van der Waals surface area contributed by atoms with Crippen LogP contribution in [0, 0.1) is 11.8 Å². The maximum atomic E-state index is 12.4. The van der Waals surface area contributed by atoms with Crippen LogP contribution in [0.15, 0.2) is 0 Å². The Labute approximate surface area is 164 Å². The maximum Gasteiger partial charge on any atom is 0.309 e. The molecule has 27 heavy (non-hydrogen) atoms. The molecule has 0 aliphatic rings. The monoisotopic (exact) mass is 408 g/mol. The molecule has 0 radical (unpaired) electrons. The molecule has 9 heteroatoms. The predicted octanol–water partition coefficient (Wildman–Crippen LogP) is 0.663. The number of hydrogen-bond donors (Lipinski definition) is 0. The molecular weight excluding hydrogens is 372 g/mol. The summed E-state index contributed by atoms with van der Waals surface area (Å²) in [6.45, 7) is 10.4. The SMILES string of the molecule is CCN(CCS(=O)(=O)CCN(CC)CC(C)C(=O)OC)CC(C)C(=O)OC. The topological polar surface area (TPSA) is 93.2 Å². The molecule has 2 atom stereocenters. The lowest BCUT2D eigenvalue weighted by atomic mass is 10.1. The largest absolute Gasteiger partial charge is 0.469 e. The lowest BCUT2D eigenvalue weighted by Crippen LogP contribution is -2.38. The van der Waals surface area contributed by atoms with E-state index in [0.717, 1.165) is 0 Å². The van der Waals surface area contributed by atoms with Gasteiger partial charge in [-0.05, 0) is 13.1 Å². The average molecular weight is 409 g/mol. The quantitative estimate of drug-likeness (QED) is 0.387. The Kier molecular flexibility index (Phi) is 12.5. The van der Waals surface area contributed by atoms with Crippen molar-refractivity contribution in [2.24, 2.45) is 11.8 Å². The van der Waals surface area contributed by atoms with Gasteiger partial charge >= 0.3 is 11.9 Å². The molecule has 0 spiro atoms. The van der Waals surface area contributed by atoms with Gasteiger partial charge < -0.3 is 19.3 Å². The van der Waals surface area contributed by atoms with Crippen molar-refractivity contribution in [3.63, 3.8) is 0 Å². The summed E-state index contributed by atoms with van der Waals surface area (Å²) in [7, 11) is -0.536. The van der Waals surface area contributed by atoms with E-state index in [2.05, 4.69) is 0 Å². The molecule has 2 unspecified atom stereocenters. The van der Waals surface area contributed by atoms with Gasteiger partial charge in [0.1, 0.15) is 0 Å². The first-order valence-corrected chi connectivity index (χ1v) is 11.2. The predicted molar refractivity (Wildman–Crippen MR) is 105 cm³/mol. The summed E-state index contributed by atoms with van der Waals surface area (Å²) in [5, 5.41) is 0. The van der Waals surface area contributed by atoms with Crippen molar-refractivity contribution in [3.05, 3.63) is 0 Å². The fourth-order valence-corrected chi connectivity index (χ4v) is 4.00. The average Bonchev–Trinajstić information content (AvgIpc) is 2.66. The Bertz CT molecular complexity index is 510. The molecule has 0 aromatic carbocycles. The minimum absolute atomic E-state index is 0.0405. The van der Waals surface area contributed by atoms with E-state index < -0.39 is 9.84 Å². The van der Waals surface area contributed by atoms with Crippen LogP contribution >= 0.6 is 0 Å². The first-order chi connectivity index (χ1) is 12.6. The van der Waals surface area contributed by atoms with Crippen LogP contribution < -0.4 is 0 Å². The zero-order valence-corrected chi connectivity index (χ0v) is 18.4. The molecule has 0 bridgehead atoms. The summed E-state index contributed by atoms with van der Waals surface area (Å²) in [6.07, 6.45) is 0. The molecule has 0 heterocycles. The first kappa shape index (κ1) is 25.8. The van der Waals surface area contributed by atoms with Crippen molar-refractivity contribution < 1.29 is 27.5 Å². The van der Waals surface area contributed by atoms with Crippen molar-refractivity contribution in [2.45, 2.75) is 27.7 Å². The molecule has 0 fully saturated rings. The molecule has 8 nitrogen and oxygen atoms in total. The van der Waals surface area contributed by atoms with E-state index in [9.17, 15) is 18.0 Å². The van der Waals surface area contributed by atoms with E-state index in [1.54, 1.807) is 13.8 Å². The van der Waals surface area contributed by atoms with Crippen molar-refractivity contribution >= 4 is 21.8 Å². The second-order valence-corrected chi connectivity index (χ2v) is 9.09. The number of nitrogens with zero attached hydrogens (tertiary/aromatic N) is 2. The highest BCUT2D eigenvalue weighted by Crippen LogP contribution is 2.05. The van der Waals surface area contributed by atoms with Gasteiger partial charge in [-0.2, -0.15) is 0 Å². The van der Waals surface area contributed by atoms with Gasteiger partial charge in [-0.3, -0.25) is 9.59 Å². The molecule has 0 N–H and O–H groups in total. The number of rotatable bonds is 14. The van der Waals surface area contributed by atoms with Gasteiger partial charge in [0.2, 0.25) is 0 Å². The molecule has 0 aliphatic heterocycles. The summed E-state index contributed by atoms with van der Waals surface area (Å²) in [4.78, 5) is 26.9. The van der Waals surface area contributed by atoms with E-state index in [-0.39, 0.29) is 35.3 Å². The number of ether oxygens (including phenoxy) is 2. The molecule has 0 saturated heterocycles. The third-order valence-corrected chi connectivity index (χ3v) is 6.21. The number of methoxy groups -OCH3 is 2. The van der Waals surface area contributed by atoms with Crippen LogP contribution in [0.3, 0.4) is 0 Å². The van der Waals surface area contributed by atoms with Crippen molar-refractivity contribution in [3.8, 4) is 0 Å². The van der Waals surface area contributed by atoms with Gasteiger partial charge in [-0.1, -0.05) is 27.7 Å². The van der Waals surface area contributed by atoms with Gasteiger partial charge in [0.05, 0.1) is 37.6 Å². The van der Waals surface area contributed by atoms with E-state index in [4.69, 9.17) is 9.47 Å². The zero-order valence-electron chi connectivity index (χ0n) is 17.6. The Morgan fingerprint density at radius 1 is 0.815 bits per heavy atom. The summed E-state index contributed by atoms with van der Waals surface area (Å²) in [5.74, 6) is -1.11. The number of esters is 2. The van der Waals surface area contributed by atoms with Crippen molar-refractivity contribution in [1.29, 1.82) is 0 Å². The molecule has 0 aromatic rings. The first-order valence-electron chi connectivity index (χ1n) is 9.40. The highest BCUT2D eigenvalue weighted by atomic mass is 32.2. The van der Waals surface area contributed by atoms with Crippen molar-refractivity contribution in [2.75, 3.05) is 65.0 Å². The van der Waals surface area contributed by atoms with Gasteiger partial charge in [-0.15, -0.1) is 0 Å². The van der Waals surface area contributed by atoms with Gasteiger partial charge in [-0.25, -0.2) is 8.42 Å². The zero-order chi connectivity index (χ0) is 21.0. The van der Waals surface area contributed by atoms with Crippen LogP contribution in [-0.4, -0.2) is 95.2 Å². The van der Waals surface area contributed by atoms with Crippen molar-refractivity contribution in [1.82, 2.24) is 9.80 Å². The molecule has 0 saturated carbocycles. The lowest BCUT2D eigenvalue weighted by molar-refractivity contribution is -0.146. The minimum Gasteiger partial charge on any atom is -0.469 e. The van der Waals surface area contributed by atoms with Crippen LogP contribution in [0.2, 0.25) is 0 Å². The number of sulfone groups is 1. The standard InChI is InChI=1S/C18H36N2O6S/c1-7-19(13-15(3)17(21)25-5)9-11-27(23,24)12-10-20(8-2)14-16(4)18(22)26-6/h15-16H,7-14H2,1-6H3. The van der Waals surface area contributed by atoms with E-state index in [0.29, 0.717) is 39.3 Å². The van der Waals surface area contributed by atoms with Crippen LogP contribution in [0.4, 0.5) is 0 Å². The second kappa shape index (κ2) is 13.1. The van der Waals surface area contributed by atoms with E-state index in [1.807, 2.05) is 23.6 Å². The Balaban J connectivity index is 4.52. The second-order valence-electron chi connectivity index (χ2n) is 6.79. The van der Waals surface area contributed by atoms with Gasteiger partial charge in [0.15, 0.2) is 9.84 Å². The van der Waals surface area contributed by atoms with Gasteiger partial charge in [0.25, 0.3) is 0 Å². The van der Waals surface area contributed by atoms with Crippen LogP contribution in [0.1, 0.15) is 27.7 Å². The Hall–Kier alpha value is -1.19. The number of carbonyl (C=O) groups is 2. The summed E-state index contributed by atoms with van der Waals surface area (Å²) >= 11 is 0. The summed E-state index contributed by atoms with van der Waals surface area (Å²) in [5.41, 5.74) is 0. The highest BCUT2D eigenvalue weighted by molar-refractivity contribution is 7.91. The summed E-state index contributed by atoms with van der Waals surface area (Å²) < 4.78 is 34.2.